The van der Waals surface area contributed by atoms with Crippen LogP contribution >= 0.6 is 19.5 Å². The number of thiocarbonyl (C=S) groups is 1. The van der Waals surface area contributed by atoms with Crippen molar-refractivity contribution in [2.45, 2.75) is 27.2 Å². The number of hydrogen-bond donors (Lipinski definition) is 2. The summed E-state index contributed by atoms with van der Waals surface area (Å²) in [5.74, 6) is 1.69. The fourth-order valence-corrected chi connectivity index (χ4v) is 10.5. The van der Waals surface area contributed by atoms with Crippen molar-refractivity contribution in [1.82, 2.24) is 0 Å². The Morgan fingerprint density at radius 2 is 0.864 bits per heavy atom. The zero-order valence-electron chi connectivity index (χ0n) is 25.8. The molecule has 0 aromatic heterocycles. The molecule has 0 saturated heterocycles. The topological polar surface area (TPSA) is 42.5 Å². The first-order valence-electron chi connectivity index (χ1n) is 15.3. The molecular formula is C38H43N2O2PS. The number of hydrogen-bond acceptors (Lipinski definition) is 3. The molecule has 5 aromatic rings. The van der Waals surface area contributed by atoms with Crippen molar-refractivity contribution in [2.75, 3.05) is 30.0 Å². The van der Waals surface area contributed by atoms with E-state index in [1.165, 1.54) is 28.5 Å². The first-order valence-corrected chi connectivity index (χ1v) is 17.9. The molecule has 0 aliphatic carbocycles. The van der Waals surface area contributed by atoms with Gasteiger partial charge in [-0.15, -0.1) is 0 Å². The molecule has 0 atom stereocenters. The van der Waals surface area contributed by atoms with Crippen LogP contribution in [0.4, 0.5) is 11.4 Å². The molecule has 0 bridgehead atoms. The molecule has 4 nitrogen and oxygen atoms in total. The number of benzene rings is 5. The minimum Gasteiger partial charge on any atom is -0.494 e. The smallest absolute Gasteiger partial charge is 0.175 e. The van der Waals surface area contributed by atoms with Gasteiger partial charge in [0.2, 0.25) is 0 Å². The van der Waals surface area contributed by atoms with Gasteiger partial charge in [-0.05, 0) is 74.6 Å². The number of rotatable bonds is 11. The van der Waals surface area contributed by atoms with Crippen molar-refractivity contribution in [1.29, 1.82) is 0 Å². The Hall–Kier alpha value is -4.18. The summed E-state index contributed by atoms with van der Waals surface area (Å²) in [5.41, 5.74) is 1.82. The van der Waals surface area contributed by atoms with Gasteiger partial charge in [-0.3, -0.25) is 0 Å². The molecule has 0 saturated carbocycles. The van der Waals surface area contributed by atoms with Gasteiger partial charge in [0.1, 0.15) is 11.5 Å². The number of ether oxygens (including phenoxy) is 2. The molecule has 6 heteroatoms. The number of nitrogens with one attached hydrogen (secondary N) is 2. The molecule has 0 radical (unpaired) electrons. The summed E-state index contributed by atoms with van der Waals surface area (Å²) in [6, 6.07) is 48.7. The van der Waals surface area contributed by atoms with E-state index in [2.05, 4.69) is 109 Å². The standard InChI is InChI=1S/C21H23P.C17H20N2O2S/c1-2-18-22(19-12-6-3-7-13-19,20-14-8-4-9-15-20)21-16-10-5-11-17-21;1-3-20-15-9-5-13(6-10-15)18-17(22)19-14-7-11-16(12-8-14)21-4-2/h3-17,22H,2,18H2,1H3;5-12H,3-4H2,1-2H3,(H2,18,19,22). The van der Waals surface area contributed by atoms with Gasteiger partial charge < -0.3 is 20.1 Å². The summed E-state index contributed by atoms with van der Waals surface area (Å²) in [4.78, 5) is 0. The maximum absolute atomic E-state index is 5.40. The van der Waals surface area contributed by atoms with Gasteiger partial charge in [-0.1, -0.05) is 0 Å². The second-order valence-electron chi connectivity index (χ2n) is 10.2. The van der Waals surface area contributed by atoms with Crippen LogP contribution in [0.15, 0.2) is 140 Å². The van der Waals surface area contributed by atoms with Crippen molar-refractivity contribution in [2.24, 2.45) is 0 Å². The largest absolute Gasteiger partial charge is 0.494 e. The average molecular weight is 623 g/mol. The van der Waals surface area contributed by atoms with Crippen LogP contribution in [0.1, 0.15) is 27.2 Å². The minimum absolute atomic E-state index is 0.535. The van der Waals surface area contributed by atoms with E-state index in [1.807, 2.05) is 62.4 Å². The van der Waals surface area contributed by atoms with Gasteiger partial charge in [0.15, 0.2) is 5.11 Å². The molecule has 0 fully saturated rings. The molecule has 2 N–H and O–H groups in total. The van der Waals surface area contributed by atoms with Crippen LogP contribution in [0.25, 0.3) is 0 Å². The van der Waals surface area contributed by atoms with Gasteiger partial charge in [0.25, 0.3) is 0 Å². The normalized spacial score (nSPS) is 11.0. The third-order valence-corrected chi connectivity index (χ3v) is 12.7. The average Bonchev–Trinajstić information content (AvgIpc) is 3.07. The summed E-state index contributed by atoms with van der Waals surface area (Å²) < 4.78 is 10.8. The van der Waals surface area contributed by atoms with Crippen molar-refractivity contribution in [3.63, 3.8) is 0 Å². The fraction of sp³-hybridized carbons (Fsp3) is 0.184. The Morgan fingerprint density at radius 1 is 0.523 bits per heavy atom. The molecule has 0 unspecified atom stereocenters. The van der Waals surface area contributed by atoms with Crippen LogP contribution in [-0.4, -0.2) is 24.5 Å². The van der Waals surface area contributed by atoms with Crippen molar-refractivity contribution in [3.05, 3.63) is 140 Å². The molecule has 228 valence electrons. The summed E-state index contributed by atoms with van der Waals surface area (Å²) in [6.45, 7) is 7.54. The van der Waals surface area contributed by atoms with E-state index in [-0.39, 0.29) is 0 Å². The second kappa shape index (κ2) is 17.2. The predicted molar refractivity (Wildman–Crippen MR) is 197 cm³/mol. The Balaban J connectivity index is 0.000000201. The molecule has 0 spiro atoms. The van der Waals surface area contributed by atoms with Crippen LogP contribution in [0, 0.1) is 0 Å². The third kappa shape index (κ3) is 8.92. The zero-order valence-corrected chi connectivity index (χ0v) is 27.6. The Kier molecular flexibility index (Phi) is 12.8. The summed E-state index contributed by atoms with van der Waals surface area (Å²) >= 11 is 5.30. The minimum atomic E-state index is -1.92. The van der Waals surface area contributed by atoms with Gasteiger partial charge in [-0.2, -0.15) is 0 Å². The summed E-state index contributed by atoms with van der Waals surface area (Å²) in [6.07, 6.45) is 2.44. The summed E-state index contributed by atoms with van der Waals surface area (Å²) in [5, 5.41) is 11.3. The number of anilines is 2. The third-order valence-electron chi connectivity index (χ3n) is 7.27. The predicted octanol–water partition coefficient (Wildman–Crippen LogP) is 8.42. The monoisotopic (exact) mass is 622 g/mol. The molecular weight excluding hydrogens is 579 g/mol. The van der Waals surface area contributed by atoms with Crippen LogP contribution < -0.4 is 36.0 Å². The molecule has 5 aromatic carbocycles. The maximum Gasteiger partial charge on any atom is 0.175 e. The maximum atomic E-state index is 5.40. The van der Waals surface area contributed by atoms with Crippen LogP contribution in [0.2, 0.25) is 0 Å². The first kappa shape index (κ1) is 32.7. The molecule has 0 amide bonds. The van der Waals surface area contributed by atoms with E-state index in [1.54, 1.807) is 0 Å². The molecule has 5 rings (SSSR count). The van der Waals surface area contributed by atoms with Crippen molar-refractivity contribution >= 4 is 51.9 Å². The fourth-order valence-electron chi connectivity index (χ4n) is 5.37. The van der Waals surface area contributed by atoms with Crippen LogP contribution in [0.3, 0.4) is 0 Å². The van der Waals surface area contributed by atoms with E-state index in [0.717, 1.165) is 22.9 Å². The van der Waals surface area contributed by atoms with Gasteiger partial charge in [0.05, 0.1) is 13.2 Å². The molecule has 44 heavy (non-hydrogen) atoms. The summed E-state index contributed by atoms with van der Waals surface area (Å²) in [7, 11) is -1.92. The van der Waals surface area contributed by atoms with Crippen LogP contribution in [0.5, 0.6) is 11.5 Å². The van der Waals surface area contributed by atoms with Gasteiger partial charge >= 0.3 is 134 Å². The van der Waals surface area contributed by atoms with E-state index >= 15 is 0 Å². The molecule has 0 heterocycles. The Labute approximate surface area is 268 Å². The van der Waals surface area contributed by atoms with Gasteiger partial charge in [-0.25, -0.2) is 0 Å². The molecule has 0 aliphatic rings. The van der Waals surface area contributed by atoms with Crippen LogP contribution in [-0.2, 0) is 0 Å². The van der Waals surface area contributed by atoms with E-state index in [4.69, 9.17) is 21.7 Å². The Morgan fingerprint density at radius 3 is 1.16 bits per heavy atom. The van der Waals surface area contributed by atoms with E-state index < -0.39 is 7.26 Å². The second-order valence-corrected chi connectivity index (χ2v) is 14.7. The van der Waals surface area contributed by atoms with Gasteiger partial charge in [0, 0.05) is 11.4 Å². The molecule has 0 aliphatic heterocycles. The van der Waals surface area contributed by atoms with E-state index in [0.29, 0.717) is 18.3 Å². The SMILES string of the molecule is CCC[PH](c1ccccc1)(c1ccccc1)c1ccccc1.CCOc1ccc(NC(=S)Nc2ccc(OCC)cc2)cc1. The van der Waals surface area contributed by atoms with Crippen molar-refractivity contribution in [3.8, 4) is 11.5 Å². The first-order chi connectivity index (χ1) is 21.6. The van der Waals surface area contributed by atoms with Crippen molar-refractivity contribution < 1.29 is 9.47 Å². The van der Waals surface area contributed by atoms with E-state index in [9.17, 15) is 0 Å². The quantitative estimate of drug-likeness (QED) is 0.114. The zero-order chi connectivity index (χ0) is 31.0. The Bertz CT molecular complexity index is 1380.